The molecule has 0 radical (unpaired) electrons. The Kier molecular flexibility index (Phi) is 3.69. The Morgan fingerprint density at radius 2 is 2.12 bits per heavy atom. The van der Waals surface area contributed by atoms with Crippen molar-refractivity contribution in [1.29, 1.82) is 0 Å². The molecule has 0 unspecified atom stereocenters. The number of rotatable bonds is 2. The van der Waals surface area contributed by atoms with Gasteiger partial charge >= 0.3 is 0 Å². The standard InChI is InChI=1S/C19H16N2O3S/c1-10-4-3-5-11-8-13-18(24-16(10)11)20-17(21-19(13)25)12-6-7-15(23-2)14(22)9-12/h3-7,9,22H,8H2,1-2H3,(H,20,21,25). The Morgan fingerprint density at radius 3 is 2.88 bits per heavy atom. The Hall–Kier alpha value is -2.86. The lowest BCUT2D eigenvalue weighted by molar-refractivity contribution is 0.373. The van der Waals surface area contributed by atoms with Crippen LogP contribution in [0.5, 0.6) is 23.1 Å². The van der Waals surface area contributed by atoms with E-state index in [0.29, 0.717) is 34.1 Å². The first-order valence-corrected chi connectivity index (χ1v) is 8.24. The van der Waals surface area contributed by atoms with Crippen molar-refractivity contribution in [3.63, 3.8) is 0 Å². The Morgan fingerprint density at radius 1 is 1.28 bits per heavy atom. The molecule has 2 aromatic carbocycles. The largest absolute Gasteiger partial charge is 0.504 e. The van der Waals surface area contributed by atoms with E-state index in [9.17, 15) is 5.11 Å². The van der Waals surface area contributed by atoms with Gasteiger partial charge in [-0.15, -0.1) is 0 Å². The Labute approximate surface area is 149 Å². The van der Waals surface area contributed by atoms with Gasteiger partial charge in [-0.25, -0.2) is 4.98 Å². The molecule has 1 aromatic heterocycles. The molecule has 2 heterocycles. The highest BCUT2D eigenvalue weighted by molar-refractivity contribution is 7.71. The monoisotopic (exact) mass is 352 g/mol. The lowest BCUT2D eigenvalue weighted by Crippen LogP contribution is -2.08. The number of aromatic amines is 1. The molecule has 0 fully saturated rings. The lowest BCUT2D eigenvalue weighted by Gasteiger charge is -2.22. The van der Waals surface area contributed by atoms with Crippen LogP contribution in [0.3, 0.4) is 0 Å². The summed E-state index contributed by atoms with van der Waals surface area (Å²) < 4.78 is 11.6. The van der Waals surface area contributed by atoms with Crippen molar-refractivity contribution < 1.29 is 14.6 Å². The van der Waals surface area contributed by atoms with Crippen LogP contribution in [0.25, 0.3) is 11.4 Å². The predicted octanol–water partition coefficient (Wildman–Crippen LogP) is 4.53. The molecule has 3 aromatic rings. The van der Waals surface area contributed by atoms with E-state index >= 15 is 0 Å². The molecule has 0 spiro atoms. The second kappa shape index (κ2) is 5.89. The van der Waals surface area contributed by atoms with Crippen LogP contribution >= 0.6 is 12.2 Å². The zero-order valence-electron chi connectivity index (χ0n) is 13.8. The molecule has 1 aliphatic rings. The number of methoxy groups -OCH3 is 1. The van der Waals surface area contributed by atoms with Gasteiger partial charge in [-0.05, 0) is 36.2 Å². The SMILES string of the molecule is COc1ccc(-c2nc(=S)c3c([nH]2)Oc2c(C)cccc2C3)cc1O. The summed E-state index contributed by atoms with van der Waals surface area (Å²) >= 11 is 5.47. The molecule has 0 saturated heterocycles. The zero-order valence-corrected chi connectivity index (χ0v) is 14.6. The first kappa shape index (κ1) is 15.7. The molecular formula is C19H16N2O3S. The third kappa shape index (κ3) is 2.64. The maximum Gasteiger partial charge on any atom is 0.205 e. The van der Waals surface area contributed by atoms with E-state index in [-0.39, 0.29) is 5.75 Å². The highest BCUT2D eigenvalue weighted by Gasteiger charge is 2.22. The number of hydrogen-bond acceptors (Lipinski definition) is 5. The number of phenols is 1. The molecule has 0 amide bonds. The van der Waals surface area contributed by atoms with Crippen LogP contribution in [0.15, 0.2) is 36.4 Å². The number of H-pyrrole nitrogens is 1. The van der Waals surface area contributed by atoms with Crippen molar-refractivity contribution in [1.82, 2.24) is 9.97 Å². The highest BCUT2D eigenvalue weighted by atomic mass is 32.1. The summed E-state index contributed by atoms with van der Waals surface area (Å²) in [6.45, 7) is 2.02. The van der Waals surface area contributed by atoms with E-state index in [1.54, 1.807) is 18.2 Å². The molecule has 0 aliphatic carbocycles. The normalized spacial score (nSPS) is 12.1. The number of para-hydroxylation sites is 1. The number of aryl methyl sites for hydroxylation is 1. The minimum atomic E-state index is 0.0425. The van der Waals surface area contributed by atoms with Crippen LogP contribution < -0.4 is 9.47 Å². The summed E-state index contributed by atoms with van der Waals surface area (Å²) in [5.74, 6) is 2.45. The average Bonchev–Trinajstić information content (AvgIpc) is 2.61. The number of nitrogens with zero attached hydrogens (tertiary/aromatic N) is 1. The number of aromatic hydroxyl groups is 1. The second-order valence-corrected chi connectivity index (χ2v) is 6.31. The Bertz CT molecular complexity index is 1040. The van der Waals surface area contributed by atoms with E-state index in [1.165, 1.54) is 7.11 Å². The maximum atomic E-state index is 10.0. The fourth-order valence-corrected chi connectivity index (χ4v) is 3.24. The lowest BCUT2D eigenvalue weighted by atomic mass is 10.0. The van der Waals surface area contributed by atoms with Gasteiger partial charge in [0.05, 0.1) is 12.7 Å². The van der Waals surface area contributed by atoms with Crippen molar-refractivity contribution in [2.75, 3.05) is 7.11 Å². The molecule has 25 heavy (non-hydrogen) atoms. The first-order chi connectivity index (χ1) is 12.1. The molecule has 126 valence electrons. The number of nitrogens with one attached hydrogen (secondary N) is 1. The van der Waals surface area contributed by atoms with Crippen molar-refractivity contribution in [2.24, 2.45) is 0 Å². The number of phenolic OH excluding ortho intramolecular Hbond substituents is 1. The predicted molar refractivity (Wildman–Crippen MR) is 97.1 cm³/mol. The average molecular weight is 352 g/mol. The van der Waals surface area contributed by atoms with E-state index in [2.05, 4.69) is 9.97 Å². The maximum absolute atomic E-state index is 10.0. The van der Waals surface area contributed by atoms with Crippen LogP contribution in [0.4, 0.5) is 0 Å². The minimum absolute atomic E-state index is 0.0425. The van der Waals surface area contributed by atoms with Crippen molar-refractivity contribution in [2.45, 2.75) is 13.3 Å². The minimum Gasteiger partial charge on any atom is -0.504 e. The van der Waals surface area contributed by atoms with Gasteiger partial charge in [-0.3, -0.25) is 0 Å². The summed E-state index contributed by atoms with van der Waals surface area (Å²) in [6, 6.07) is 11.1. The van der Waals surface area contributed by atoms with Gasteiger partial charge < -0.3 is 19.6 Å². The van der Waals surface area contributed by atoms with Crippen molar-refractivity contribution in [3.8, 4) is 34.5 Å². The van der Waals surface area contributed by atoms with Crippen LogP contribution in [-0.4, -0.2) is 22.2 Å². The molecule has 0 saturated carbocycles. The smallest absolute Gasteiger partial charge is 0.205 e. The highest BCUT2D eigenvalue weighted by Crippen LogP contribution is 2.39. The van der Waals surface area contributed by atoms with E-state index in [1.807, 2.05) is 25.1 Å². The van der Waals surface area contributed by atoms with Crippen LogP contribution in [0.2, 0.25) is 0 Å². The quantitative estimate of drug-likeness (QED) is 0.519. The van der Waals surface area contributed by atoms with Gasteiger partial charge in [0.1, 0.15) is 16.2 Å². The third-order valence-corrected chi connectivity index (χ3v) is 4.63. The van der Waals surface area contributed by atoms with Crippen molar-refractivity contribution >= 4 is 12.2 Å². The van der Waals surface area contributed by atoms with Crippen LogP contribution in [-0.2, 0) is 6.42 Å². The second-order valence-electron chi connectivity index (χ2n) is 5.93. The van der Waals surface area contributed by atoms with Gasteiger partial charge in [0.2, 0.25) is 5.88 Å². The summed E-state index contributed by atoms with van der Waals surface area (Å²) in [5.41, 5.74) is 3.74. The number of ether oxygens (including phenoxy) is 2. The van der Waals surface area contributed by atoms with E-state index < -0.39 is 0 Å². The molecule has 6 heteroatoms. The first-order valence-electron chi connectivity index (χ1n) is 7.83. The molecule has 0 bridgehead atoms. The molecule has 1 aliphatic heterocycles. The van der Waals surface area contributed by atoms with E-state index in [4.69, 9.17) is 21.7 Å². The molecule has 5 nitrogen and oxygen atoms in total. The molecule has 0 atom stereocenters. The molecule has 2 N–H and O–H groups in total. The number of benzene rings is 2. The summed E-state index contributed by atoms with van der Waals surface area (Å²) in [5, 5.41) is 10.0. The molecule has 4 rings (SSSR count). The molecular weight excluding hydrogens is 336 g/mol. The van der Waals surface area contributed by atoms with Crippen LogP contribution in [0, 0.1) is 11.6 Å². The topological polar surface area (TPSA) is 67.4 Å². The number of fused-ring (bicyclic) bond motifs is 2. The van der Waals surface area contributed by atoms with Gasteiger partial charge in [-0.2, -0.15) is 0 Å². The van der Waals surface area contributed by atoms with E-state index in [0.717, 1.165) is 22.4 Å². The summed E-state index contributed by atoms with van der Waals surface area (Å²) in [7, 11) is 1.51. The summed E-state index contributed by atoms with van der Waals surface area (Å²) in [4.78, 5) is 7.68. The summed E-state index contributed by atoms with van der Waals surface area (Å²) in [6.07, 6.45) is 0.683. The van der Waals surface area contributed by atoms with Gasteiger partial charge in [0.15, 0.2) is 11.5 Å². The zero-order chi connectivity index (χ0) is 17.6. The van der Waals surface area contributed by atoms with Gasteiger partial charge in [0.25, 0.3) is 0 Å². The van der Waals surface area contributed by atoms with Crippen LogP contribution in [0.1, 0.15) is 16.7 Å². The van der Waals surface area contributed by atoms with Crippen molar-refractivity contribution in [3.05, 3.63) is 57.7 Å². The van der Waals surface area contributed by atoms with Gasteiger partial charge in [0, 0.05) is 12.0 Å². The fraction of sp³-hybridized carbons (Fsp3) is 0.158. The fourth-order valence-electron chi connectivity index (χ4n) is 2.99. The Balaban J connectivity index is 1.81. The number of aromatic nitrogens is 2. The van der Waals surface area contributed by atoms with Gasteiger partial charge in [-0.1, -0.05) is 30.4 Å². The third-order valence-electron chi connectivity index (χ3n) is 4.29. The number of hydrogen-bond donors (Lipinski definition) is 2.